The molecule has 1 heteroatoms. The van der Waals surface area contributed by atoms with E-state index in [4.69, 9.17) is 0 Å². The van der Waals surface area contributed by atoms with Gasteiger partial charge in [0.25, 0.3) is 0 Å². The fourth-order valence-corrected chi connectivity index (χ4v) is 5.87. The van der Waals surface area contributed by atoms with Crippen molar-refractivity contribution in [1.29, 1.82) is 0 Å². The summed E-state index contributed by atoms with van der Waals surface area (Å²) >= 11 is 0. The zero-order chi connectivity index (χ0) is 14.7. The molecule has 3 rings (SSSR count). The van der Waals surface area contributed by atoms with Gasteiger partial charge in [0, 0.05) is 5.92 Å². The first-order chi connectivity index (χ1) is 10.3. The minimum Gasteiger partial charge on any atom is -0.303 e. The lowest BCUT2D eigenvalue weighted by Gasteiger charge is -2.44. The number of carbonyl (C=O) groups excluding carboxylic acids is 1. The quantitative estimate of drug-likeness (QED) is 0.614. The van der Waals surface area contributed by atoms with Crippen molar-refractivity contribution in [2.75, 3.05) is 0 Å². The summed E-state index contributed by atoms with van der Waals surface area (Å²) in [6, 6.07) is 0. The Morgan fingerprint density at radius 1 is 0.762 bits per heavy atom. The van der Waals surface area contributed by atoms with Gasteiger partial charge in [-0.3, -0.25) is 0 Å². The van der Waals surface area contributed by atoms with E-state index in [0.717, 1.165) is 29.6 Å². The van der Waals surface area contributed by atoms with Gasteiger partial charge in [0.2, 0.25) is 0 Å². The minimum absolute atomic E-state index is 0.396. The fourth-order valence-electron chi connectivity index (χ4n) is 5.87. The fraction of sp³-hybridized carbons (Fsp3) is 0.950. The Labute approximate surface area is 131 Å². The summed E-state index contributed by atoms with van der Waals surface area (Å²) in [7, 11) is 0. The SMILES string of the molecule is CCC[C@H]1CC[C@H](C2CCC3CC(C=O)CCC3C2)CC1. The van der Waals surface area contributed by atoms with Crippen molar-refractivity contribution >= 4 is 6.29 Å². The Morgan fingerprint density at radius 2 is 1.33 bits per heavy atom. The number of aldehydes is 1. The highest BCUT2D eigenvalue weighted by atomic mass is 16.1. The van der Waals surface area contributed by atoms with Crippen LogP contribution in [-0.2, 0) is 4.79 Å². The second-order valence-corrected chi connectivity index (χ2v) is 8.37. The van der Waals surface area contributed by atoms with Crippen LogP contribution in [0, 0.1) is 35.5 Å². The van der Waals surface area contributed by atoms with Crippen LogP contribution in [0.1, 0.15) is 84.0 Å². The van der Waals surface area contributed by atoms with Gasteiger partial charge in [-0.1, -0.05) is 32.6 Å². The molecule has 4 unspecified atom stereocenters. The molecule has 0 amide bonds. The van der Waals surface area contributed by atoms with Gasteiger partial charge >= 0.3 is 0 Å². The molecule has 0 aromatic carbocycles. The molecule has 21 heavy (non-hydrogen) atoms. The summed E-state index contributed by atoms with van der Waals surface area (Å²) in [6.45, 7) is 2.34. The number of hydrogen-bond donors (Lipinski definition) is 0. The van der Waals surface area contributed by atoms with Crippen LogP contribution in [0.25, 0.3) is 0 Å². The largest absolute Gasteiger partial charge is 0.303 e. The van der Waals surface area contributed by atoms with E-state index in [1.54, 1.807) is 0 Å². The molecule has 0 aliphatic heterocycles. The summed E-state index contributed by atoms with van der Waals surface area (Å²) in [4.78, 5) is 11.0. The lowest BCUT2D eigenvalue weighted by atomic mass is 9.61. The minimum atomic E-state index is 0.396. The second kappa shape index (κ2) is 7.29. The maximum Gasteiger partial charge on any atom is 0.123 e. The van der Waals surface area contributed by atoms with E-state index in [9.17, 15) is 4.79 Å². The molecule has 0 bridgehead atoms. The van der Waals surface area contributed by atoms with Crippen molar-refractivity contribution in [3.63, 3.8) is 0 Å². The summed E-state index contributed by atoms with van der Waals surface area (Å²) in [5.74, 6) is 5.37. The van der Waals surface area contributed by atoms with Gasteiger partial charge in [-0.2, -0.15) is 0 Å². The molecule has 1 nitrogen and oxygen atoms in total. The highest BCUT2D eigenvalue weighted by Gasteiger charge is 2.38. The van der Waals surface area contributed by atoms with Crippen molar-refractivity contribution in [3.05, 3.63) is 0 Å². The summed E-state index contributed by atoms with van der Waals surface area (Å²) in [5.41, 5.74) is 0. The van der Waals surface area contributed by atoms with Gasteiger partial charge in [-0.15, -0.1) is 0 Å². The smallest absolute Gasteiger partial charge is 0.123 e. The lowest BCUT2D eigenvalue weighted by molar-refractivity contribution is -0.113. The standard InChI is InChI=1S/C20H34O/c1-2-3-15-4-7-17(8-5-15)19-11-10-18-12-16(14-21)6-9-20(18)13-19/h14-20H,2-13H2,1H3/t15-,16?,17-,18?,19?,20?. The van der Waals surface area contributed by atoms with Crippen molar-refractivity contribution in [1.82, 2.24) is 0 Å². The first-order valence-electron chi connectivity index (χ1n) is 9.75. The van der Waals surface area contributed by atoms with Crippen molar-refractivity contribution in [2.24, 2.45) is 35.5 Å². The summed E-state index contributed by atoms with van der Waals surface area (Å²) in [6.07, 6.45) is 18.3. The van der Waals surface area contributed by atoms with E-state index >= 15 is 0 Å². The summed E-state index contributed by atoms with van der Waals surface area (Å²) < 4.78 is 0. The molecule has 3 aliphatic carbocycles. The molecule has 0 aromatic heterocycles. The van der Waals surface area contributed by atoms with Crippen LogP contribution in [0.4, 0.5) is 0 Å². The van der Waals surface area contributed by atoms with E-state index < -0.39 is 0 Å². The van der Waals surface area contributed by atoms with Crippen LogP contribution in [-0.4, -0.2) is 6.29 Å². The summed E-state index contributed by atoms with van der Waals surface area (Å²) in [5, 5.41) is 0. The zero-order valence-corrected chi connectivity index (χ0v) is 13.9. The molecule has 0 heterocycles. The number of carbonyl (C=O) groups is 1. The highest BCUT2D eigenvalue weighted by Crippen LogP contribution is 2.48. The molecule has 0 aromatic rings. The average Bonchev–Trinajstić information content (AvgIpc) is 2.55. The van der Waals surface area contributed by atoms with Gasteiger partial charge in [0.05, 0.1) is 0 Å². The normalized spacial score (nSPS) is 44.0. The third kappa shape index (κ3) is 3.71. The van der Waals surface area contributed by atoms with Gasteiger partial charge < -0.3 is 4.79 Å². The number of rotatable bonds is 4. The topological polar surface area (TPSA) is 17.1 Å². The zero-order valence-electron chi connectivity index (χ0n) is 13.9. The average molecular weight is 290 g/mol. The predicted octanol–water partition coefficient (Wildman–Crippen LogP) is 5.62. The van der Waals surface area contributed by atoms with Crippen LogP contribution in [0.2, 0.25) is 0 Å². The van der Waals surface area contributed by atoms with Crippen LogP contribution >= 0.6 is 0 Å². The Hall–Kier alpha value is -0.330. The van der Waals surface area contributed by atoms with Gasteiger partial charge in [0.15, 0.2) is 0 Å². The molecule has 120 valence electrons. The molecule has 4 atom stereocenters. The van der Waals surface area contributed by atoms with Crippen molar-refractivity contribution in [2.45, 2.75) is 84.0 Å². The first-order valence-corrected chi connectivity index (χ1v) is 9.75. The van der Waals surface area contributed by atoms with Gasteiger partial charge in [0.1, 0.15) is 6.29 Å². The molecule has 0 N–H and O–H groups in total. The van der Waals surface area contributed by atoms with Crippen LogP contribution in [0.3, 0.4) is 0 Å². The molecule has 3 saturated carbocycles. The molecule has 3 fully saturated rings. The van der Waals surface area contributed by atoms with Crippen LogP contribution in [0.15, 0.2) is 0 Å². The van der Waals surface area contributed by atoms with Gasteiger partial charge in [-0.05, 0) is 81.0 Å². The van der Waals surface area contributed by atoms with E-state index in [0.29, 0.717) is 5.92 Å². The Kier molecular flexibility index (Phi) is 5.40. The first kappa shape index (κ1) is 15.6. The third-order valence-corrected chi connectivity index (χ3v) is 7.14. The Balaban J connectivity index is 1.48. The molecular weight excluding hydrogens is 256 g/mol. The molecule has 0 radical (unpaired) electrons. The maximum absolute atomic E-state index is 11.0. The van der Waals surface area contributed by atoms with Crippen molar-refractivity contribution < 1.29 is 4.79 Å². The van der Waals surface area contributed by atoms with E-state index in [-0.39, 0.29) is 0 Å². The maximum atomic E-state index is 11.0. The van der Waals surface area contributed by atoms with Crippen molar-refractivity contribution in [3.8, 4) is 0 Å². The van der Waals surface area contributed by atoms with Crippen LogP contribution < -0.4 is 0 Å². The Morgan fingerprint density at radius 3 is 2.00 bits per heavy atom. The third-order valence-electron chi connectivity index (χ3n) is 7.14. The lowest BCUT2D eigenvalue weighted by Crippen LogP contribution is -2.34. The number of hydrogen-bond acceptors (Lipinski definition) is 1. The Bertz CT molecular complexity index is 329. The van der Waals surface area contributed by atoms with E-state index in [1.807, 2.05) is 0 Å². The molecular formula is C20H34O. The number of fused-ring (bicyclic) bond motifs is 1. The predicted molar refractivity (Wildman–Crippen MR) is 88.1 cm³/mol. The molecule has 0 saturated heterocycles. The molecule has 3 aliphatic rings. The highest BCUT2D eigenvalue weighted by molar-refractivity contribution is 5.53. The van der Waals surface area contributed by atoms with Crippen LogP contribution in [0.5, 0.6) is 0 Å². The van der Waals surface area contributed by atoms with E-state index in [2.05, 4.69) is 6.92 Å². The molecule has 0 spiro atoms. The van der Waals surface area contributed by atoms with E-state index in [1.165, 1.54) is 83.3 Å². The monoisotopic (exact) mass is 290 g/mol. The van der Waals surface area contributed by atoms with Gasteiger partial charge in [-0.25, -0.2) is 0 Å². The second-order valence-electron chi connectivity index (χ2n) is 8.37.